The largest absolute Gasteiger partial charge is 0.481 e. The number of nitrogens with one attached hydrogen (secondary N) is 1. The van der Waals surface area contributed by atoms with Crippen LogP contribution in [0.3, 0.4) is 0 Å². The van der Waals surface area contributed by atoms with Crippen LogP contribution in [-0.2, 0) is 4.79 Å². The van der Waals surface area contributed by atoms with E-state index in [2.05, 4.69) is 22.7 Å². The standard InChI is InChI=1S/C26H23N5O2/c1-19(33-24-13-9-20(17-27)10-14-24)26(32)29-28-18-21-7-11-23(12-8-21)31-16-15-25(30-31)22-5-3-2-4-6-22/h2-14,18-19H,15-16H2,1H3,(H,29,32)/b28-18+. The van der Waals surface area contributed by atoms with Crippen molar-refractivity contribution >= 4 is 23.5 Å². The third-order valence-corrected chi connectivity index (χ3v) is 5.15. The highest BCUT2D eigenvalue weighted by Crippen LogP contribution is 2.22. The number of ether oxygens (including phenoxy) is 1. The van der Waals surface area contributed by atoms with Gasteiger partial charge in [-0.1, -0.05) is 42.5 Å². The van der Waals surface area contributed by atoms with Crippen molar-refractivity contribution in [3.05, 3.63) is 95.6 Å². The Hall–Kier alpha value is -4.44. The molecule has 33 heavy (non-hydrogen) atoms. The van der Waals surface area contributed by atoms with E-state index in [1.807, 2.05) is 53.5 Å². The first kappa shape index (κ1) is 21.8. The van der Waals surface area contributed by atoms with E-state index in [4.69, 9.17) is 15.1 Å². The lowest BCUT2D eigenvalue weighted by Gasteiger charge is -2.13. The SMILES string of the molecule is CC(Oc1ccc(C#N)cc1)C(=O)N/N=C/c1ccc(N2CCC(c3ccccc3)=N2)cc1. The molecule has 3 aromatic rings. The number of nitrogens with zero attached hydrogens (tertiary/aromatic N) is 4. The molecular weight excluding hydrogens is 414 g/mol. The molecule has 0 aromatic heterocycles. The summed E-state index contributed by atoms with van der Waals surface area (Å²) in [4.78, 5) is 12.2. The van der Waals surface area contributed by atoms with Gasteiger partial charge in [-0.2, -0.15) is 15.5 Å². The van der Waals surface area contributed by atoms with Crippen molar-refractivity contribution in [2.45, 2.75) is 19.4 Å². The van der Waals surface area contributed by atoms with Crippen LogP contribution in [0.4, 0.5) is 5.69 Å². The Morgan fingerprint density at radius 2 is 1.85 bits per heavy atom. The highest BCUT2D eigenvalue weighted by atomic mass is 16.5. The third kappa shape index (κ3) is 5.63. The number of carbonyl (C=O) groups is 1. The van der Waals surface area contributed by atoms with E-state index >= 15 is 0 Å². The summed E-state index contributed by atoms with van der Waals surface area (Å²) in [6, 6.07) is 26.6. The van der Waals surface area contributed by atoms with E-state index in [0.29, 0.717) is 11.3 Å². The van der Waals surface area contributed by atoms with Crippen molar-refractivity contribution in [3.63, 3.8) is 0 Å². The van der Waals surface area contributed by atoms with Crippen molar-refractivity contribution in [2.75, 3.05) is 11.6 Å². The van der Waals surface area contributed by atoms with Crippen LogP contribution < -0.4 is 15.2 Å². The normalized spacial score (nSPS) is 13.9. The highest BCUT2D eigenvalue weighted by molar-refractivity contribution is 6.02. The summed E-state index contributed by atoms with van der Waals surface area (Å²) in [7, 11) is 0. The fourth-order valence-corrected chi connectivity index (χ4v) is 3.34. The predicted octanol–water partition coefficient (Wildman–Crippen LogP) is 4.09. The molecule has 7 heteroatoms. The summed E-state index contributed by atoms with van der Waals surface area (Å²) < 4.78 is 5.58. The Balaban J connectivity index is 1.29. The summed E-state index contributed by atoms with van der Waals surface area (Å²) in [6.45, 7) is 2.48. The molecular formula is C26H23N5O2. The van der Waals surface area contributed by atoms with Crippen molar-refractivity contribution < 1.29 is 9.53 Å². The number of hydrogen-bond donors (Lipinski definition) is 1. The monoisotopic (exact) mass is 437 g/mol. The quantitative estimate of drug-likeness (QED) is 0.445. The Labute approximate surface area is 192 Å². The summed E-state index contributed by atoms with van der Waals surface area (Å²) in [5.74, 6) is 0.142. The number of hydrazone groups is 2. The van der Waals surface area contributed by atoms with Gasteiger partial charge in [0.05, 0.1) is 29.2 Å². The van der Waals surface area contributed by atoms with E-state index in [9.17, 15) is 4.79 Å². The molecule has 0 saturated carbocycles. The molecule has 1 N–H and O–H groups in total. The van der Waals surface area contributed by atoms with Gasteiger partial charge in [-0.3, -0.25) is 9.80 Å². The first-order valence-corrected chi connectivity index (χ1v) is 10.6. The van der Waals surface area contributed by atoms with Crippen LogP contribution in [0.2, 0.25) is 0 Å². The minimum atomic E-state index is -0.732. The number of anilines is 1. The zero-order valence-corrected chi connectivity index (χ0v) is 18.2. The average Bonchev–Trinajstić information content (AvgIpc) is 3.36. The smallest absolute Gasteiger partial charge is 0.280 e. The maximum absolute atomic E-state index is 12.2. The fourth-order valence-electron chi connectivity index (χ4n) is 3.34. The fraction of sp³-hybridized carbons (Fsp3) is 0.154. The Morgan fingerprint density at radius 3 is 2.55 bits per heavy atom. The maximum Gasteiger partial charge on any atom is 0.280 e. The van der Waals surface area contributed by atoms with Crippen molar-refractivity contribution in [1.82, 2.24) is 5.43 Å². The van der Waals surface area contributed by atoms with Crippen LogP contribution in [0.15, 0.2) is 89.1 Å². The summed E-state index contributed by atoms with van der Waals surface area (Å²) >= 11 is 0. The summed E-state index contributed by atoms with van der Waals surface area (Å²) in [5, 5.41) is 19.6. The Bertz CT molecular complexity index is 1200. The molecule has 7 nitrogen and oxygen atoms in total. The Kier molecular flexibility index (Phi) is 6.76. The van der Waals surface area contributed by atoms with Gasteiger partial charge in [0.15, 0.2) is 6.10 Å². The van der Waals surface area contributed by atoms with E-state index in [0.717, 1.165) is 35.5 Å². The molecule has 1 unspecified atom stereocenters. The van der Waals surface area contributed by atoms with E-state index in [1.165, 1.54) is 0 Å². The van der Waals surface area contributed by atoms with Gasteiger partial charge in [-0.05, 0) is 54.4 Å². The van der Waals surface area contributed by atoms with Gasteiger partial charge in [0, 0.05) is 13.0 Å². The topological polar surface area (TPSA) is 90.1 Å². The molecule has 1 amide bonds. The lowest BCUT2D eigenvalue weighted by atomic mass is 10.1. The van der Waals surface area contributed by atoms with Crippen LogP contribution in [0.5, 0.6) is 5.75 Å². The minimum Gasteiger partial charge on any atom is -0.481 e. The first-order valence-electron chi connectivity index (χ1n) is 10.6. The van der Waals surface area contributed by atoms with E-state index in [-0.39, 0.29) is 5.91 Å². The zero-order valence-electron chi connectivity index (χ0n) is 18.2. The average molecular weight is 438 g/mol. The zero-order chi connectivity index (χ0) is 23.0. The maximum atomic E-state index is 12.2. The molecule has 1 heterocycles. The van der Waals surface area contributed by atoms with Gasteiger partial charge in [0.2, 0.25) is 0 Å². The summed E-state index contributed by atoms with van der Waals surface area (Å²) in [5.41, 5.74) is 7.11. The van der Waals surface area contributed by atoms with Crippen molar-refractivity contribution in [2.24, 2.45) is 10.2 Å². The van der Waals surface area contributed by atoms with Crippen LogP contribution in [-0.4, -0.2) is 30.5 Å². The minimum absolute atomic E-state index is 0.368. The molecule has 164 valence electrons. The lowest BCUT2D eigenvalue weighted by molar-refractivity contribution is -0.127. The van der Waals surface area contributed by atoms with Crippen LogP contribution in [0.1, 0.15) is 30.0 Å². The van der Waals surface area contributed by atoms with Crippen LogP contribution in [0, 0.1) is 11.3 Å². The number of amides is 1. The van der Waals surface area contributed by atoms with Crippen LogP contribution in [0.25, 0.3) is 0 Å². The number of rotatable bonds is 7. The predicted molar refractivity (Wildman–Crippen MR) is 128 cm³/mol. The Morgan fingerprint density at radius 1 is 1.12 bits per heavy atom. The highest BCUT2D eigenvalue weighted by Gasteiger charge is 2.17. The van der Waals surface area contributed by atoms with Gasteiger partial charge < -0.3 is 4.74 Å². The van der Waals surface area contributed by atoms with Gasteiger partial charge in [0.25, 0.3) is 5.91 Å². The first-order chi connectivity index (χ1) is 16.1. The number of hydrogen-bond acceptors (Lipinski definition) is 6. The number of nitriles is 1. The molecule has 1 aliphatic rings. The molecule has 0 fully saturated rings. The molecule has 0 aliphatic carbocycles. The molecule has 0 spiro atoms. The molecule has 1 atom stereocenters. The van der Waals surface area contributed by atoms with Gasteiger partial charge in [-0.25, -0.2) is 5.43 Å². The molecule has 3 aromatic carbocycles. The molecule has 1 aliphatic heterocycles. The van der Waals surface area contributed by atoms with E-state index < -0.39 is 6.10 Å². The summed E-state index contributed by atoms with van der Waals surface area (Å²) in [6.07, 6.45) is 1.75. The molecule has 4 rings (SSSR count). The lowest BCUT2D eigenvalue weighted by Crippen LogP contribution is -2.33. The molecule has 0 radical (unpaired) electrons. The van der Waals surface area contributed by atoms with Gasteiger partial charge >= 0.3 is 0 Å². The van der Waals surface area contributed by atoms with Crippen LogP contribution >= 0.6 is 0 Å². The molecule has 0 saturated heterocycles. The number of carbonyl (C=O) groups excluding carboxylic acids is 1. The second-order valence-electron chi connectivity index (χ2n) is 7.51. The van der Waals surface area contributed by atoms with Crippen molar-refractivity contribution in [3.8, 4) is 11.8 Å². The second kappa shape index (κ2) is 10.2. The van der Waals surface area contributed by atoms with Crippen molar-refractivity contribution in [1.29, 1.82) is 5.26 Å². The number of benzene rings is 3. The molecule has 0 bridgehead atoms. The van der Waals surface area contributed by atoms with Gasteiger partial charge in [-0.15, -0.1) is 0 Å². The second-order valence-corrected chi connectivity index (χ2v) is 7.51. The third-order valence-electron chi connectivity index (χ3n) is 5.15. The van der Waals surface area contributed by atoms with E-state index in [1.54, 1.807) is 37.4 Å². The van der Waals surface area contributed by atoms with Gasteiger partial charge in [0.1, 0.15) is 5.75 Å².